The van der Waals surface area contributed by atoms with E-state index < -0.39 is 17.6 Å². The van der Waals surface area contributed by atoms with Gasteiger partial charge in [0.15, 0.2) is 0 Å². The van der Waals surface area contributed by atoms with Gasteiger partial charge in [0.2, 0.25) is 11.5 Å². The van der Waals surface area contributed by atoms with Crippen LogP contribution in [0.2, 0.25) is 0 Å². The highest BCUT2D eigenvalue weighted by Gasteiger charge is 2.50. The Hall–Kier alpha value is -2.70. The topological polar surface area (TPSA) is 68.7 Å². The fourth-order valence-electron chi connectivity index (χ4n) is 5.10. The molecule has 2 saturated carbocycles. The Balaban J connectivity index is 1.36. The molecule has 7 heteroatoms. The minimum absolute atomic E-state index is 0.0498. The number of carboxylic acids is 1. The molecular formula is C26H31F2NO4. The average Bonchev–Trinajstić information content (AvgIpc) is 3.63. The Morgan fingerprint density at radius 1 is 1.21 bits per heavy atom. The van der Waals surface area contributed by atoms with Crippen LogP contribution in [-0.2, 0) is 4.79 Å². The van der Waals surface area contributed by atoms with Gasteiger partial charge in [0, 0.05) is 12.0 Å². The van der Waals surface area contributed by atoms with Crippen LogP contribution >= 0.6 is 0 Å². The normalized spacial score (nSPS) is 23.4. The molecule has 0 aliphatic heterocycles. The lowest BCUT2D eigenvalue weighted by molar-refractivity contribution is -0.151. The van der Waals surface area contributed by atoms with Gasteiger partial charge in [-0.25, -0.2) is 18.6 Å². The summed E-state index contributed by atoms with van der Waals surface area (Å²) in [5.41, 5.74) is -0.982. The number of carbonyl (C=O) groups is 1. The Kier molecular flexibility index (Phi) is 6.86. The molecule has 178 valence electrons. The molecule has 5 nitrogen and oxygen atoms in total. The molecule has 4 rings (SSSR count). The minimum Gasteiger partial charge on any atom is -0.493 e. The molecule has 0 radical (unpaired) electrons. The number of rotatable bonds is 9. The first-order valence-corrected chi connectivity index (χ1v) is 11.6. The predicted octanol–water partition coefficient (Wildman–Crippen LogP) is 5.89. The first-order valence-electron chi connectivity index (χ1n) is 11.6. The Bertz CT molecular complexity index is 984. The van der Waals surface area contributed by atoms with Crippen molar-refractivity contribution in [3.8, 4) is 11.6 Å². The Labute approximate surface area is 193 Å². The smallest absolute Gasteiger partial charge is 0.341 e. The van der Waals surface area contributed by atoms with E-state index in [1.165, 1.54) is 13.3 Å². The largest absolute Gasteiger partial charge is 0.493 e. The second-order valence-electron chi connectivity index (χ2n) is 9.55. The lowest BCUT2D eigenvalue weighted by Gasteiger charge is -2.29. The average molecular weight is 460 g/mol. The van der Waals surface area contributed by atoms with Crippen LogP contribution in [0.25, 0.3) is 0 Å². The van der Waals surface area contributed by atoms with E-state index in [2.05, 4.69) is 4.98 Å². The number of alkyl halides is 1. The number of carboxylic acid groups (broad SMARTS) is 1. The van der Waals surface area contributed by atoms with Crippen LogP contribution < -0.4 is 9.47 Å². The number of benzene rings is 1. The molecule has 2 aromatic rings. The van der Waals surface area contributed by atoms with E-state index in [0.29, 0.717) is 35.3 Å². The minimum atomic E-state index is -2.32. The molecule has 33 heavy (non-hydrogen) atoms. The van der Waals surface area contributed by atoms with Gasteiger partial charge in [-0.3, -0.25) is 0 Å². The zero-order chi connectivity index (χ0) is 23.6. The molecule has 2 atom stereocenters. The summed E-state index contributed by atoms with van der Waals surface area (Å²) in [5, 5.41) is 9.40. The van der Waals surface area contributed by atoms with E-state index in [4.69, 9.17) is 9.47 Å². The Morgan fingerprint density at radius 2 is 1.94 bits per heavy atom. The number of halogens is 2. The van der Waals surface area contributed by atoms with Gasteiger partial charge in [-0.05, 0) is 86.5 Å². The van der Waals surface area contributed by atoms with Crippen molar-refractivity contribution in [3.05, 3.63) is 53.5 Å². The zero-order valence-electron chi connectivity index (χ0n) is 19.1. The number of ether oxygens (including phenoxy) is 2. The van der Waals surface area contributed by atoms with Gasteiger partial charge in [-0.1, -0.05) is 12.1 Å². The number of pyridine rings is 1. The van der Waals surface area contributed by atoms with Crippen molar-refractivity contribution in [2.75, 3.05) is 13.7 Å². The fraction of sp³-hybridized carbons (Fsp3) is 0.538. The molecule has 2 aliphatic carbocycles. The molecule has 0 bridgehead atoms. The van der Waals surface area contributed by atoms with Crippen LogP contribution in [0.1, 0.15) is 68.4 Å². The van der Waals surface area contributed by atoms with Gasteiger partial charge >= 0.3 is 5.97 Å². The van der Waals surface area contributed by atoms with Gasteiger partial charge < -0.3 is 14.6 Å². The highest BCUT2D eigenvalue weighted by atomic mass is 19.1. The van der Waals surface area contributed by atoms with Gasteiger partial charge in [0.25, 0.3) is 0 Å². The van der Waals surface area contributed by atoms with Crippen LogP contribution in [0.15, 0.2) is 36.5 Å². The van der Waals surface area contributed by atoms with Crippen molar-refractivity contribution in [3.63, 3.8) is 0 Å². The number of aliphatic carboxylic acids is 1. The van der Waals surface area contributed by atoms with Crippen molar-refractivity contribution in [2.24, 2.45) is 11.8 Å². The fourth-order valence-corrected chi connectivity index (χ4v) is 5.10. The summed E-state index contributed by atoms with van der Waals surface area (Å²) < 4.78 is 40.5. The molecule has 1 heterocycles. The summed E-state index contributed by atoms with van der Waals surface area (Å²) in [7, 11) is 1.52. The summed E-state index contributed by atoms with van der Waals surface area (Å²) in [6, 6.07) is 8.89. The van der Waals surface area contributed by atoms with Crippen LogP contribution in [0.3, 0.4) is 0 Å². The van der Waals surface area contributed by atoms with Crippen molar-refractivity contribution in [1.29, 1.82) is 0 Å². The number of nitrogens with zero attached hydrogens (tertiary/aromatic N) is 1. The van der Waals surface area contributed by atoms with Gasteiger partial charge in [0.05, 0.1) is 19.9 Å². The maximum absolute atomic E-state index is 15.0. The molecule has 2 fully saturated rings. The summed E-state index contributed by atoms with van der Waals surface area (Å²) in [4.78, 5) is 15.4. The summed E-state index contributed by atoms with van der Waals surface area (Å²) in [5.74, 6) is -0.806. The monoisotopic (exact) mass is 459 g/mol. The predicted molar refractivity (Wildman–Crippen MR) is 120 cm³/mol. The molecule has 0 saturated heterocycles. The quantitative estimate of drug-likeness (QED) is 0.507. The lowest BCUT2D eigenvalue weighted by atomic mass is 9.79. The first-order chi connectivity index (χ1) is 15.8. The first kappa shape index (κ1) is 23.5. The summed E-state index contributed by atoms with van der Waals surface area (Å²) >= 11 is 0. The summed E-state index contributed by atoms with van der Waals surface area (Å²) in [6.45, 7) is 1.68. The lowest BCUT2D eigenvalue weighted by Crippen LogP contribution is -2.38. The maximum atomic E-state index is 15.0. The third-order valence-corrected chi connectivity index (χ3v) is 7.15. The van der Waals surface area contributed by atoms with Crippen LogP contribution in [-0.4, -0.2) is 35.4 Å². The van der Waals surface area contributed by atoms with Gasteiger partial charge in [-0.2, -0.15) is 0 Å². The Morgan fingerprint density at radius 3 is 2.58 bits per heavy atom. The van der Waals surface area contributed by atoms with Crippen molar-refractivity contribution in [1.82, 2.24) is 4.98 Å². The standard InChI is InChI=1S/C26H31F2NO4/c1-26(28,25(30)31)24(18-10-11-18)19-4-3-5-20(12-19)33-15-16-6-8-17(9-7-16)21-13-23(32-2)29-14-22(21)27/h3-5,12-14,16-18,24H,6-11,15H2,1-2H3,(H,30,31)/t16?,17?,24-,26-/m0/s1. The third-order valence-electron chi connectivity index (χ3n) is 7.15. The number of hydrogen-bond acceptors (Lipinski definition) is 4. The molecule has 1 N–H and O–H groups in total. The number of aromatic nitrogens is 1. The van der Waals surface area contributed by atoms with E-state index in [1.807, 2.05) is 6.07 Å². The highest BCUT2D eigenvalue weighted by Crippen LogP contribution is 2.50. The number of hydrogen-bond donors (Lipinski definition) is 1. The van der Waals surface area contributed by atoms with Crippen LogP contribution in [0.5, 0.6) is 11.6 Å². The zero-order valence-corrected chi connectivity index (χ0v) is 19.1. The molecule has 0 spiro atoms. The molecule has 1 aromatic carbocycles. The SMILES string of the molecule is COc1cc(C2CCC(COc3cccc([C@H](C4CC4)[C@](C)(F)C(=O)O)c3)CC2)c(F)cn1. The van der Waals surface area contributed by atoms with E-state index in [-0.39, 0.29) is 17.7 Å². The van der Waals surface area contributed by atoms with Gasteiger partial charge in [0.1, 0.15) is 11.6 Å². The number of methoxy groups -OCH3 is 1. The van der Waals surface area contributed by atoms with Crippen molar-refractivity contribution < 1.29 is 28.2 Å². The van der Waals surface area contributed by atoms with Crippen LogP contribution in [0.4, 0.5) is 8.78 Å². The highest BCUT2D eigenvalue weighted by molar-refractivity contribution is 5.78. The van der Waals surface area contributed by atoms with Crippen molar-refractivity contribution in [2.45, 2.75) is 63.0 Å². The maximum Gasteiger partial charge on any atom is 0.341 e. The second kappa shape index (κ2) is 9.65. The third kappa shape index (κ3) is 5.28. The second-order valence-corrected chi connectivity index (χ2v) is 9.55. The van der Waals surface area contributed by atoms with E-state index in [0.717, 1.165) is 45.4 Å². The van der Waals surface area contributed by atoms with Crippen molar-refractivity contribution >= 4 is 5.97 Å². The molecule has 0 unspecified atom stereocenters. The van der Waals surface area contributed by atoms with Gasteiger partial charge in [-0.15, -0.1) is 0 Å². The summed E-state index contributed by atoms with van der Waals surface area (Å²) in [6.07, 6.45) is 6.46. The molecule has 1 aromatic heterocycles. The van der Waals surface area contributed by atoms with E-state index >= 15 is 4.39 Å². The molecule has 2 aliphatic rings. The van der Waals surface area contributed by atoms with E-state index in [9.17, 15) is 14.3 Å². The van der Waals surface area contributed by atoms with Crippen LogP contribution in [0, 0.1) is 17.7 Å². The molecule has 0 amide bonds. The molecular weight excluding hydrogens is 428 g/mol. The van der Waals surface area contributed by atoms with E-state index in [1.54, 1.807) is 24.3 Å².